The third kappa shape index (κ3) is 2.80. The number of hydrogen-bond acceptors (Lipinski definition) is 4. The summed E-state index contributed by atoms with van der Waals surface area (Å²) >= 11 is 6.80. The average Bonchev–Trinajstić information content (AvgIpc) is 2.51. The summed E-state index contributed by atoms with van der Waals surface area (Å²) in [6, 6.07) is 2.29. The van der Waals surface area contributed by atoms with Gasteiger partial charge in [-0.3, -0.25) is 9.59 Å². The first kappa shape index (κ1) is 11.2. The van der Waals surface area contributed by atoms with Gasteiger partial charge < -0.3 is 11.5 Å². The smallest absolute Gasteiger partial charge is 0.234 e. The van der Waals surface area contributed by atoms with Crippen molar-refractivity contribution < 1.29 is 9.59 Å². The Bertz CT molecular complexity index is 364. The molecule has 1 rings (SSSR count). The minimum absolute atomic E-state index is 0.0772. The van der Waals surface area contributed by atoms with Crippen molar-refractivity contribution in [2.45, 2.75) is 12.5 Å². The van der Waals surface area contributed by atoms with E-state index in [1.54, 1.807) is 12.1 Å². The minimum Gasteiger partial charge on any atom is -0.368 e. The fraction of sp³-hybridized carbons (Fsp3) is 0.250. The van der Waals surface area contributed by atoms with E-state index in [9.17, 15) is 9.59 Å². The van der Waals surface area contributed by atoms with Crippen LogP contribution in [0.4, 0.5) is 0 Å². The molecule has 4 nitrogen and oxygen atoms in total. The predicted molar refractivity (Wildman–Crippen MR) is 55.4 cm³/mol. The number of ketones is 1. The molecular formula is C8H9ClN2O2S. The second-order valence-corrected chi connectivity index (χ2v) is 4.46. The molecule has 0 spiro atoms. The monoisotopic (exact) mass is 232 g/mol. The molecule has 1 unspecified atom stereocenters. The van der Waals surface area contributed by atoms with E-state index in [0.29, 0.717) is 9.21 Å². The highest BCUT2D eigenvalue weighted by atomic mass is 35.5. The first-order chi connectivity index (χ1) is 6.50. The van der Waals surface area contributed by atoms with E-state index in [0.717, 1.165) is 11.3 Å². The SMILES string of the molecule is NC(=O)C(N)CC(=O)c1ccc(Cl)s1. The predicted octanol–water partition coefficient (Wildman–Crippen LogP) is 0.787. The Morgan fingerprint density at radius 1 is 1.50 bits per heavy atom. The third-order valence-corrected chi connectivity index (χ3v) is 2.89. The summed E-state index contributed by atoms with van der Waals surface area (Å²) in [6.45, 7) is 0. The Labute approximate surface area is 89.8 Å². The molecule has 0 radical (unpaired) electrons. The van der Waals surface area contributed by atoms with Gasteiger partial charge in [-0.15, -0.1) is 11.3 Å². The number of carbonyl (C=O) groups excluding carboxylic acids is 2. The fourth-order valence-electron chi connectivity index (χ4n) is 0.865. The molecule has 1 aromatic heterocycles. The van der Waals surface area contributed by atoms with Gasteiger partial charge in [0.15, 0.2) is 5.78 Å². The number of thiophene rings is 1. The normalized spacial score (nSPS) is 12.4. The van der Waals surface area contributed by atoms with Gasteiger partial charge in [0.2, 0.25) is 5.91 Å². The molecule has 0 bridgehead atoms. The van der Waals surface area contributed by atoms with Crippen LogP contribution in [0.5, 0.6) is 0 Å². The van der Waals surface area contributed by atoms with E-state index in [1.807, 2.05) is 0 Å². The van der Waals surface area contributed by atoms with Gasteiger partial charge in [-0.1, -0.05) is 11.6 Å². The largest absolute Gasteiger partial charge is 0.368 e. The number of carbonyl (C=O) groups is 2. The maximum absolute atomic E-state index is 11.4. The molecule has 6 heteroatoms. The fourth-order valence-corrected chi connectivity index (χ4v) is 1.86. The van der Waals surface area contributed by atoms with Crippen LogP contribution in [-0.2, 0) is 4.79 Å². The lowest BCUT2D eigenvalue weighted by Crippen LogP contribution is -2.38. The number of nitrogens with two attached hydrogens (primary N) is 2. The summed E-state index contributed by atoms with van der Waals surface area (Å²) in [7, 11) is 0. The lowest BCUT2D eigenvalue weighted by Gasteiger charge is -2.03. The Morgan fingerprint density at radius 3 is 2.57 bits per heavy atom. The zero-order valence-corrected chi connectivity index (χ0v) is 8.77. The van der Waals surface area contributed by atoms with Crippen molar-refractivity contribution in [2.75, 3.05) is 0 Å². The lowest BCUT2D eigenvalue weighted by molar-refractivity contribution is -0.119. The number of rotatable bonds is 4. The Morgan fingerprint density at radius 2 is 2.14 bits per heavy atom. The molecule has 1 aromatic rings. The quantitative estimate of drug-likeness (QED) is 0.753. The summed E-state index contributed by atoms with van der Waals surface area (Å²) in [5.41, 5.74) is 10.3. The highest BCUT2D eigenvalue weighted by molar-refractivity contribution is 7.18. The van der Waals surface area contributed by atoms with Crippen molar-refractivity contribution in [1.29, 1.82) is 0 Å². The molecule has 0 fully saturated rings. The number of Topliss-reactive ketones (excluding diaryl/α,β-unsaturated/α-hetero) is 1. The van der Waals surface area contributed by atoms with Crippen molar-refractivity contribution in [1.82, 2.24) is 0 Å². The van der Waals surface area contributed by atoms with Gasteiger partial charge in [-0.2, -0.15) is 0 Å². The van der Waals surface area contributed by atoms with Crippen LogP contribution >= 0.6 is 22.9 Å². The summed E-state index contributed by atoms with van der Waals surface area (Å²) < 4.78 is 0.529. The van der Waals surface area contributed by atoms with Gasteiger partial charge in [0.25, 0.3) is 0 Å². The van der Waals surface area contributed by atoms with Gasteiger partial charge in [-0.05, 0) is 12.1 Å². The van der Waals surface area contributed by atoms with Crippen molar-refractivity contribution in [2.24, 2.45) is 11.5 Å². The summed E-state index contributed by atoms with van der Waals surface area (Å²) in [6.07, 6.45) is -0.0772. The zero-order chi connectivity index (χ0) is 10.7. The van der Waals surface area contributed by atoms with Crippen LogP contribution < -0.4 is 11.5 Å². The van der Waals surface area contributed by atoms with Crippen molar-refractivity contribution in [3.63, 3.8) is 0 Å². The maximum atomic E-state index is 11.4. The lowest BCUT2D eigenvalue weighted by atomic mass is 10.1. The molecule has 0 aliphatic carbocycles. The number of amides is 1. The highest BCUT2D eigenvalue weighted by Gasteiger charge is 2.16. The molecule has 1 atom stereocenters. The van der Waals surface area contributed by atoms with Gasteiger partial charge in [0.05, 0.1) is 15.3 Å². The molecule has 76 valence electrons. The zero-order valence-electron chi connectivity index (χ0n) is 7.20. The Kier molecular flexibility index (Phi) is 3.62. The second kappa shape index (κ2) is 4.54. The van der Waals surface area contributed by atoms with E-state index in [-0.39, 0.29) is 12.2 Å². The van der Waals surface area contributed by atoms with Crippen LogP contribution in [0.25, 0.3) is 0 Å². The molecule has 0 aliphatic rings. The van der Waals surface area contributed by atoms with Crippen molar-refractivity contribution in [3.05, 3.63) is 21.3 Å². The van der Waals surface area contributed by atoms with Crippen molar-refractivity contribution >= 4 is 34.6 Å². The molecule has 1 amide bonds. The Balaban J connectivity index is 2.63. The molecule has 0 aromatic carbocycles. The van der Waals surface area contributed by atoms with Crippen LogP contribution in [-0.4, -0.2) is 17.7 Å². The average molecular weight is 233 g/mol. The second-order valence-electron chi connectivity index (χ2n) is 2.74. The Hall–Kier alpha value is -0.910. The van der Waals surface area contributed by atoms with E-state index >= 15 is 0 Å². The van der Waals surface area contributed by atoms with E-state index in [1.165, 1.54) is 0 Å². The van der Waals surface area contributed by atoms with Gasteiger partial charge >= 0.3 is 0 Å². The third-order valence-electron chi connectivity index (χ3n) is 1.62. The van der Waals surface area contributed by atoms with Crippen LogP contribution in [0, 0.1) is 0 Å². The van der Waals surface area contributed by atoms with Gasteiger partial charge in [-0.25, -0.2) is 0 Å². The molecule has 4 N–H and O–H groups in total. The summed E-state index contributed by atoms with van der Waals surface area (Å²) in [5.74, 6) is -0.894. The summed E-state index contributed by atoms with van der Waals surface area (Å²) in [5, 5.41) is 0. The number of primary amides is 1. The van der Waals surface area contributed by atoms with Crippen LogP contribution in [0.3, 0.4) is 0 Å². The highest BCUT2D eigenvalue weighted by Crippen LogP contribution is 2.22. The minimum atomic E-state index is -0.927. The van der Waals surface area contributed by atoms with Crippen LogP contribution in [0.2, 0.25) is 4.34 Å². The standard InChI is InChI=1S/C8H9ClN2O2S/c9-7-2-1-6(14-7)5(12)3-4(10)8(11)13/h1-2,4H,3,10H2,(H2,11,13). The first-order valence-electron chi connectivity index (χ1n) is 3.84. The topological polar surface area (TPSA) is 86.2 Å². The van der Waals surface area contributed by atoms with E-state index in [4.69, 9.17) is 23.1 Å². The van der Waals surface area contributed by atoms with Gasteiger partial charge in [0, 0.05) is 6.42 Å². The molecule has 1 heterocycles. The first-order valence-corrected chi connectivity index (χ1v) is 5.03. The molecule has 14 heavy (non-hydrogen) atoms. The molecular weight excluding hydrogens is 224 g/mol. The van der Waals surface area contributed by atoms with E-state index < -0.39 is 11.9 Å². The number of halogens is 1. The van der Waals surface area contributed by atoms with Crippen molar-refractivity contribution in [3.8, 4) is 0 Å². The maximum Gasteiger partial charge on any atom is 0.234 e. The molecule has 0 aliphatic heterocycles. The molecule has 0 saturated heterocycles. The van der Waals surface area contributed by atoms with Crippen LogP contribution in [0.1, 0.15) is 16.1 Å². The van der Waals surface area contributed by atoms with E-state index in [2.05, 4.69) is 0 Å². The van der Waals surface area contributed by atoms with Gasteiger partial charge in [0.1, 0.15) is 0 Å². The number of hydrogen-bond donors (Lipinski definition) is 2. The van der Waals surface area contributed by atoms with Crippen LogP contribution in [0.15, 0.2) is 12.1 Å². The summed E-state index contributed by atoms with van der Waals surface area (Å²) in [4.78, 5) is 22.5. The molecule has 0 saturated carbocycles.